The summed E-state index contributed by atoms with van der Waals surface area (Å²) < 4.78 is 66.7. The molecule has 0 unspecified atom stereocenters. The highest BCUT2D eigenvalue weighted by Gasteiger charge is 1.84. The first-order valence-electron chi connectivity index (χ1n) is 6.79. The molecule has 1 heteroatoms. The van der Waals surface area contributed by atoms with E-state index in [0.29, 0.717) is 0 Å². The van der Waals surface area contributed by atoms with Crippen molar-refractivity contribution in [2.75, 3.05) is 6.50 Å². The monoisotopic (exact) mass is 130 g/mol. The average Bonchev–Trinajstić information content (AvgIpc) is 2.22. The van der Waals surface area contributed by atoms with Gasteiger partial charge in [-0.05, 0) is 18.4 Å². The van der Waals surface area contributed by atoms with Gasteiger partial charge in [-0.25, -0.2) is 0 Å². The van der Waals surface area contributed by atoms with Crippen molar-refractivity contribution in [3.63, 3.8) is 0 Å². The van der Waals surface area contributed by atoms with Gasteiger partial charge in [0.2, 0.25) is 0 Å². The molecule has 0 aliphatic rings. The van der Waals surface area contributed by atoms with E-state index in [9.17, 15) is 0 Å². The molecule has 0 bridgehead atoms. The van der Waals surface area contributed by atoms with Crippen LogP contribution < -0.4 is 5.73 Å². The summed E-state index contributed by atoms with van der Waals surface area (Å²) in [5, 5.41) is 0. The maximum atomic E-state index is 7.56. The van der Waals surface area contributed by atoms with E-state index < -0.39 is 48.6 Å². The van der Waals surface area contributed by atoms with Crippen molar-refractivity contribution < 1.29 is 12.3 Å². The van der Waals surface area contributed by atoms with E-state index >= 15 is 0 Å². The molecule has 48 valence electrons. The van der Waals surface area contributed by atoms with Crippen molar-refractivity contribution in [1.29, 1.82) is 0 Å². The van der Waals surface area contributed by atoms with E-state index in [4.69, 9.17) is 18.1 Å². The van der Waals surface area contributed by atoms with E-state index in [2.05, 4.69) is 0 Å². The van der Waals surface area contributed by atoms with E-state index in [0.717, 1.165) is 0 Å². The molecule has 1 rings (SSSR count). The third-order valence-electron chi connectivity index (χ3n) is 0.697. The van der Waals surface area contributed by atoms with Crippen LogP contribution in [-0.4, -0.2) is 6.50 Å². The quantitative estimate of drug-likeness (QED) is 0.639. The van der Waals surface area contributed by atoms with Gasteiger partial charge >= 0.3 is 0 Å². The minimum absolute atomic E-state index is 0.665. The highest BCUT2D eigenvalue weighted by atomic mass is 14.5. The van der Waals surface area contributed by atoms with E-state index in [-0.39, 0.29) is 0 Å². The molecule has 0 aliphatic heterocycles. The normalized spacial score (nSPS) is 27.0. The first kappa shape index (κ1) is 1.43. The van der Waals surface area contributed by atoms with Crippen LogP contribution in [-0.2, 0) is 6.37 Å². The van der Waals surface area contributed by atoms with Gasteiger partial charge in [0.15, 0.2) is 0 Å². The summed E-state index contributed by atoms with van der Waals surface area (Å²) in [6, 6.07) is -3.69. The fourth-order valence-corrected chi connectivity index (χ4v) is 0.385. The third kappa shape index (κ3) is 1.86. The Labute approximate surface area is 68.1 Å². The van der Waals surface area contributed by atoms with E-state index in [1.165, 1.54) is 0 Å². The van der Waals surface area contributed by atoms with Crippen LogP contribution in [0.3, 0.4) is 0 Å². The van der Waals surface area contributed by atoms with Gasteiger partial charge in [0.05, 0.1) is 6.85 Å². The molecule has 0 saturated carbocycles. The Balaban J connectivity index is 3.72. The molecule has 0 heterocycles. The molecule has 2 N–H and O–H groups in total. The lowest BCUT2D eigenvalue weighted by Crippen LogP contribution is -2.01. The zero-order chi connectivity index (χ0) is 14.5. The molecule has 1 nitrogen and oxygen atoms in total. The number of rotatable bonds is 2. The SMILES string of the molecule is [2H]c1c([2H])c([2H])c(C([2H])([2H])C([2H])([2H])N)c([2H])c1[2H]. The first-order valence-corrected chi connectivity index (χ1v) is 2.29. The van der Waals surface area contributed by atoms with Crippen LogP contribution in [0.5, 0.6) is 0 Å². The van der Waals surface area contributed by atoms with Crippen LogP contribution >= 0.6 is 0 Å². The molecule has 9 heavy (non-hydrogen) atoms. The maximum absolute atomic E-state index is 7.56. The third-order valence-corrected chi connectivity index (χ3v) is 0.697. The van der Waals surface area contributed by atoms with E-state index in [1.54, 1.807) is 0 Å². The zero-order valence-electron chi connectivity index (χ0n) is 13.6. The Morgan fingerprint density at radius 2 is 2.11 bits per heavy atom. The second-order valence-corrected chi connectivity index (χ2v) is 1.27. The molecule has 0 aliphatic carbocycles. The molecule has 0 spiro atoms. The van der Waals surface area contributed by atoms with Crippen molar-refractivity contribution in [2.24, 2.45) is 5.73 Å². The average molecular weight is 130 g/mol. The number of hydrogen-bond donors (Lipinski definition) is 1. The van der Waals surface area contributed by atoms with Gasteiger partial charge in [0.25, 0.3) is 0 Å². The Bertz CT molecular complexity index is 461. The van der Waals surface area contributed by atoms with Gasteiger partial charge in [-0.1, -0.05) is 30.2 Å². The summed E-state index contributed by atoms with van der Waals surface area (Å²) in [5.74, 6) is 0. The zero-order valence-corrected chi connectivity index (χ0v) is 4.58. The minimum Gasteiger partial charge on any atom is -0.330 e. The molecule has 0 saturated heterocycles. The van der Waals surface area contributed by atoms with Crippen molar-refractivity contribution in [2.45, 2.75) is 6.37 Å². The Hall–Kier alpha value is -0.820. The standard InChI is InChI=1S/C8H11N/c9-7-6-8-4-2-1-3-5-8/h1-5H,6-7,9H2/i1D,2D,3D,4D,5D,6D2,7D2. The molecule has 0 aromatic heterocycles. The topological polar surface area (TPSA) is 26.0 Å². The molecule has 0 fully saturated rings. The van der Waals surface area contributed by atoms with Crippen LogP contribution in [0.15, 0.2) is 30.2 Å². The van der Waals surface area contributed by atoms with Crippen molar-refractivity contribution in [3.05, 3.63) is 35.8 Å². The summed E-state index contributed by atoms with van der Waals surface area (Å²) in [6.07, 6.45) is -2.90. The van der Waals surface area contributed by atoms with Crippen LogP contribution in [0.4, 0.5) is 0 Å². The lowest BCUT2D eigenvalue weighted by atomic mass is 10.2. The molecule has 0 atom stereocenters. The maximum Gasteiger partial charge on any atom is 0.0626 e. The summed E-state index contributed by atoms with van der Waals surface area (Å²) in [5.41, 5.74) is 4.27. The number of hydrogen-bond acceptors (Lipinski definition) is 1. The highest BCUT2D eigenvalue weighted by Crippen LogP contribution is 1.96. The van der Waals surface area contributed by atoms with Crippen LogP contribution in [0.25, 0.3) is 0 Å². The summed E-state index contributed by atoms with van der Waals surface area (Å²) in [7, 11) is 0. The predicted molar refractivity (Wildman–Crippen MR) is 39.2 cm³/mol. The molecule has 1 aromatic carbocycles. The van der Waals surface area contributed by atoms with Gasteiger partial charge in [-0.15, -0.1) is 0 Å². The van der Waals surface area contributed by atoms with Crippen LogP contribution in [0, 0.1) is 0 Å². The fourth-order valence-electron chi connectivity index (χ4n) is 0.385. The van der Waals surface area contributed by atoms with Crippen molar-refractivity contribution in [3.8, 4) is 0 Å². The lowest BCUT2D eigenvalue weighted by molar-refractivity contribution is 0.969. The largest absolute Gasteiger partial charge is 0.330 e. The minimum atomic E-state index is -2.90. The van der Waals surface area contributed by atoms with E-state index in [1.807, 2.05) is 0 Å². The van der Waals surface area contributed by atoms with Gasteiger partial charge < -0.3 is 5.73 Å². The predicted octanol–water partition coefficient (Wildman–Crippen LogP) is 1.19. The first-order chi connectivity index (χ1) is 7.93. The second kappa shape index (κ2) is 3.25. The van der Waals surface area contributed by atoms with Gasteiger partial charge in [-0.3, -0.25) is 0 Å². The van der Waals surface area contributed by atoms with Crippen LogP contribution in [0.2, 0.25) is 0 Å². The molecule has 0 radical (unpaired) electrons. The Morgan fingerprint density at radius 3 is 2.67 bits per heavy atom. The highest BCUT2D eigenvalue weighted by molar-refractivity contribution is 5.14. The Kier molecular flexibility index (Phi) is 0.517. The second-order valence-electron chi connectivity index (χ2n) is 1.27. The number of nitrogens with two attached hydrogens (primary N) is 1. The lowest BCUT2D eigenvalue weighted by Gasteiger charge is -1.93. The molecular formula is C8H11N. The van der Waals surface area contributed by atoms with Gasteiger partial charge in [0, 0.05) is 5.48 Å². The summed E-state index contributed by atoms with van der Waals surface area (Å²) in [6.45, 7) is -2.87. The number of benzene rings is 1. The van der Waals surface area contributed by atoms with Gasteiger partial charge in [-0.2, -0.15) is 0 Å². The molecular weight excluding hydrogens is 110 g/mol. The fraction of sp³-hybridized carbons (Fsp3) is 0.250. The summed E-state index contributed by atoms with van der Waals surface area (Å²) in [4.78, 5) is 0. The van der Waals surface area contributed by atoms with Crippen LogP contribution in [0.1, 0.15) is 17.9 Å². The van der Waals surface area contributed by atoms with Crippen molar-refractivity contribution >= 4 is 0 Å². The smallest absolute Gasteiger partial charge is 0.0626 e. The molecule has 0 amide bonds. The van der Waals surface area contributed by atoms with Crippen molar-refractivity contribution in [1.82, 2.24) is 0 Å². The Morgan fingerprint density at radius 1 is 1.44 bits per heavy atom. The van der Waals surface area contributed by atoms with Gasteiger partial charge in [0.1, 0.15) is 0 Å². The summed E-state index contributed by atoms with van der Waals surface area (Å²) >= 11 is 0. The molecule has 1 aromatic rings.